The lowest BCUT2D eigenvalue weighted by molar-refractivity contribution is -0.139. The van der Waals surface area contributed by atoms with Gasteiger partial charge >= 0.3 is 12.0 Å². The summed E-state index contributed by atoms with van der Waals surface area (Å²) in [6.45, 7) is 5.48. The van der Waals surface area contributed by atoms with Gasteiger partial charge in [-0.2, -0.15) is 0 Å². The number of aliphatic carboxylic acids is 1. The molecular formula is C12H22N2O3. The molecule has 0 saturated carbocycles. The highest BCUT2D eigenvalue weighted by Crippen LogP contribution is 2.15. The largest absolute Gasteiger partial charge is 0.480 e. The van der Waals surface area contributed by atoms with E-state index in [1.165, 1.54) is 0 Å². The Balaban J connectivity index is 2.48. The summed E-state index contributed by atoms with van der Waals surface area (Å²) in [6, 6.07) is -0.998. The van der Waals surface area contributed by atoms with Crippen molar-refractivity contribution in [1.29, 1.82) is 0 Å². The molecule has 17 heavy (non-hydrogen) atoms. The Hall–Kier alpha value is -1.26. The molecule has 1 aliphatic heterocycles. The Bertz CT molecular complexity index is 281. The first-order valence-electron chi connectivity index (χ1n) is 6.32. The molecule has 1 heterocycles. The summed E-state index contributed by atoms with van der Waals surface area (Å²) in [4.78, 5) is 24.5. The van der Waals surface area contributed by atoms with Crippen LogP contribution >= 0.6 is 0 Å². The number of nitrogens with one attached hydrogen (secondary N) is 1. The minimum absolute atomic E-state index is 0.239. The predicted molar refractivity (Wildman–Crippen MR) is 64.8 cm³/mol. The van der Waals surface area contributed by atoms with E-state index in [1.54, 1.807) is 4.90 Å². The molecule has 1 unspecified atom stereocenters. The van der Waals surface area contributed by atoms with E-state index in [1.807, 2.05) is 6.92 Å². The second-order valence-corrected chi connectivity index (χ2v) is 4.82. The number of hydrogen-bond donors (Lipinski definition) is 2. The van der Waals surface area contributed by atoms with Crippen molar-refractivity contribution in [2.24, 2.45) is 5.92 Å². The first-order chi connectivity index (χ1) is 8.04. The van der Waals surface area contributed by atoms with E-state index in [2.05, 4.69) is 12.2 Å². The summed E-state index contributed by atoms with van der Waals surface area (Å²) >= 11 is 0. The van der Waals surface area contributed by atoms with Gasteiger partial charge in [0.1, 0.15) is 6.04 Å². The van der Waals surface area contributed by atoms with E-state index in [9.17, 15) is 9.59 Å². The third-order valence-electron chi connectivity index (χ3n) is 3.12. The van der Waals surface area contributed by atoms with E-state index in [0.717, 1.165) is 32.4 Å². The van der Waals surface area contributed by atoms with E-state index < -0.39 is 12.0 Å². The fourth-order valence-corrected chi connectivity index (χ4v) is 2.16. The van der Waals surface area contributed by atoms with E-state index in [-0.39, 0.29) is 6.03 Å². The number of likely N-dealkylation sites (tertiary alicyclic amines) is 1. The number of carboxylic acid groups (broad SMARTS) is 1. The van der Waals surface area contributed by atoms with Gasteiger partial charge in [0, 0.05) is 13.1 Å². The van der Waals surface area contributed by atoms with Crippen LogP contribution in [-0.2, 0) is 4.79 Å². The van der Waals surface area contributed by atoms with Gasteiger partial charge in [-0.3, -0.25) is 0 Å². The summed E-state index contributed by atoms with van der Waals surface area (Å²) in [6.07, 6.45) is 3.36. The fraction of sp³-hybridized carbons (Fsp3) is 0.833. The maximum absolute atomic E-state index is 11.9. The minimum atomic E-state index is -0.953. The van der Waals surface area contributed by atoms with Gasteiger partial charge in [-0.25, -0.2) is 9.59 Å². The van der Waals surface area contributed by atoms with Gasteiger partial charge in [-0.15, -0.1) is 0 Å². The Labute approximate surface area is 102 Å². The summed E-state index contributed by atoms with van der Waals surface area (Å²) in [5.74, 6) is -0.450. The average Bonchev–Trinajstić information content (AvgIpc) is 2.28. The highest BCUT2D eigenvalue weighted by Gasteiger charge is 2.25. The molecule has 2 atom stereocenters. The van der Waals surface area contributed by atoms with Crippen LogP contribution < -0.4 is 5.32 Å². The Kier molecular flexibility index (Phi) is 5.25. The third kappa shape index (κ3) is 4.24. The van der Waals surface area contributed by atoms with Gasteiger partial charge in [0.2, 0.25) is 0 Å². The van der Waals surface area contributed by atoms with Crippen LogP contribution in [-0.4, -0.2) is 41.1 Å². The highest BCUT2D eigenvalue weighted by molar-refractivity contribution is 5.82. The number of rotatable bonds is 4. The average molecular weight is 242 g/mol. The van der Waals surface area contributed by atoms with E-state index >= 15 is 0 Å². The molecule has 0 bridgehead atoms. The molecule has 0 aromatic rings. The Morgan fingerprint density at radius 1 is 1.53 bits per heavy atom. The quantitative estimate of drug-likeness (QED) is 0.788. The van der Waals surface area contributed by atoms with Crippen molar-refractivity contribution in [1.82, 2.24) is 10.2 Å². The van der Waals surface area contributed by atoms with Crippen LogP contribution in [0.25, 0.3) is 0 Å². The zero-order valence-electron chi connectivity index (χ0n) is 10.6. The Morgan fingerprint density at radius 3 is 2.76 bits per heavy atom. The van der Waals surface area contributed by atoms with Crippen LogP contribution in [0, 0.1) is 5.92 Å². The maximum atomic E-state index is 11.9. The van der Waals surface area contributed by atoms with Crippen LogP contribution in [0.5, 0.6) is 0 Å². The molecule has 5 nitrogen and oxygen atoms in total. The van der Waals surface area contributed by atoms with Crippen molar-refractivity contribution < 1.29 is 14.7 Å². The number of nitrogens with zero attached hydrogens (tertiary/aromatic N) is 1. The lowest BCUT2D eigenvalue weighted by atomic mass is 10.0. The van der Waals surface area contributed by atoms with Crippen molar-refractivity contribution in [3.8, 4) is 0 Å². The van der Waals surface area contributed by atoms with Crippen molar-refractivity contribution in [2.75, 3.05) is 13.1 Å². The fourth-order valence-electron chi connectivity index (χ4n) is 2.16. The standard InChI is InChI=1S/C12H22N2O3/c1-3-5-10(11(15)16)13-12(17)14-7-4-6-9(2)8-14/h9-10H,3-8H2,1-2H3,(H,13,17)(H,15,16)/t9?,10-/m0/s1. The van der Waals surface area contributed by atoms with Gasteiger partial charge < -0.3 is 15.3 Å². The molecule has 0 aromatic carbocycles. The monoisotopic (exact) mass is 242 g/mol. The summed E-state index contributed by atoms with van der Waals surface area (Å²) < 4.78 is 0. The first kappa shape index (κ1) is 13.8. The Morgan fingerprint density at radius 2 is 2.24 bits per heavy atom. The van der Waals surface area contributed by atoms with Crippen molar-refractivity contribution in [3.63, 3.8) is 0 Å². The number of carbonyl (C=O) groups excluding carboxylic acids is 1. The molecule has 0 spiro atoms. The molecule has 2 N–H and O–H groups in total. The molecule has 1 saturated heterocycles. The van der Waals surface area contributed by atoms with Gasteiger partial charge in [-0.1, -0.05) is 20.3 Å². The zero-order chi connectivity index (χ0) is 12.8. The van der Waals surface area contributed by atoms with Crippen molar-refractivity contribution in [2.45, 2.75) is 45.6 Å². The van der Waals surface area contributed by atoms with Crippen LogP contribution in [0.1, 0.15) is 39.5 Å². The van der Waals surface area contributed by atoms with Crippen LogP contribution in [0.2, 0.25) is 0 Å². The van der Waals surface area contributed by atoms with Gasteiger partial charge in [-0.05, 0) is 25.2 Å². The van der Waals surface area contributed by atoms with Crippen molar-refractivity contribution >= 4 is 12.0 Å². The van der Waals surface area contributed by atoms with Crippen LogP contribution in [0.3, 0.4) is 0 Å². The topological polar surface area (TPSA) is 69.6 Å². The second kappa shape index (κ2) is 6.47. The first-order valence-corrected chi connectivity index (χ1v) is 6.32. The number of hydrogen-bond acceptors (Lipinski definition) is 2. The highest BCUT2D eigenvalue weighted by atomic mass is 16.4. The third-order valence-corrected chi connectivity index (χ3v) is 3.12. The second-order valence-electron chi connectivity index (χ2n) is 4.82. The summed E-state index contributed by atoms with van der Waals surface area (Å²) in [7, 11) is 0. The number of carbonyl (C=O) groups is 2. The molecule has 2 amide bonds. The van der Waals surface area contributed by atoms with E-state index in [0.29, 0.717) is 12.3 Å². The smallest absolute Gasteiger partial charge is 0.326 e. The maximum Gasteiger partial charge on any atom is 0.326 e. The minimum Gasteiger partial charge on any atom is -0.480 e. The predicted octanol–water partition coefficient (Wildman–Crippen LogP) is 1.68. The normalized spacial score (nSPS) is 22.0. The van der Waals surface area contributed by atoms with Gasteiger partial charge in [0.05, 0.1) is 0 Å². The molecule has 0 aromatic heterocycles. The molecular weight excluding hydrogens is 220 g/mol. The zero-order valence-corrected chi connectivity index (χ0v) is 10.6. The molecule has 5 heteroatoms. The lowest BCUT2D eigenvalue weighted by Gasteiger charge is -2.31. The lowest BCUT2D eigenvalue weighted by Crippen LogP contribution is -2.50. The molecule has 1 aliphatic rings. The summed E-state index contributed by atoms with van der Waals surface area (Å²) in [5.41, 5.74) is 0. The van der Waals surface area contributed by atoms with Crippen molar-refractivity contribution in [3.05, 3.63) is 0 Å². The molecule has 0 radical (unpaired) electrons. The summed E-state index contributed by atoms with van der Waals surface area (Å²) in [5, 5.41) is 11.6. The molecule has 98 valence electrons. The number of amides is 2. The number of urea groups is 1. The number of carboxylic acids is 1. The van der Waals surface area contributed by atoms with Gasteiger partial charge in [0.15, 0.2) is 0 Å². The molecule has 1 fully saturated rings. The van der Waals surface area contributed by atoms with E-state index in [4.69, 9.17) is 5.11 Å². The molecule has 0 aliphatic carbocycles. The SMILES string of the molecule is CCC[C@H](NC(=O)N1CCCC(C)C1)C(=O)O. The van der Waals surface area contributed by atoms with Crippen LogP contribution in [0.4, 0.5) is 4.79 Å². The van der Waals surface area contributed by atoms with Gasteiger partial charge in [0.25, 0.3) is 0 Å². The molecule has 1 rings (SSSR count). The van der Waals surface area contributed by atoms with Crippen LogP contribution in [0.15, 0.2) is 0 Å². The number of piperidine rings is 1.